The summed E-state index contributed by atoms with van der Waals surface area (Å²) in [6.07, 6.45) is 3.17. The first kappa shape index (κ1) is 16.3. The Balaban J connectivity index is 1.47. The summed E-state index contributed by atoms with van der Waals surface area (Å²) in [5.74, 6) is 0.381. The smallest absolute Gasteiger partial charge is 0.253 e. The highest BCUT2D eigenvalue weighted by atomic mass is 35.5. The van der Waals surface area contributed by atoms with Crippen LogP contribution in [0.25, 0.3) is 22.6 Å². The molecule has 26 heavy (non-hydrogen) atoms. The number of pyridine rings is 1. The SMILES string of the molecule is O=C(NCc1ccc(-c2nc3ccc(Cl)cc3o2)cc1)c1cccnc1. The molecule has 2 heterocycles. The molecule has 0 aliphatic heterocycles. The first-order valence-corrected chi connectivity index (χ1v) is 8.40. The Labute approximate surface area is 154 Å². The number of rotatable bonds is 4. The minimum atomic E-state index is -0.155. The topological polar surface area (TPSA) is 68.0 Å². The fraction of sp³-hybridized carbons (Fsp3) is 0.0500. The van der Waals surface area contributed by atoms with Crippen LogP contribution in [-0.4, -0.2) is 15.9 Å². The Morgan fingerprint density at radius 3 is 2.73 bits per heavy atom. The van der Waals surface area contributed by atoms with E-state index in [1.54, 1.807) is 30.5 Å². The Kier molecular flexibility index (Phi) is 4.37. The number of nitrogens with one attached hydrogen (secondary N) is 1. The zero-order chi connectivity index (χ0) is 17.9. The number of fused-ring (bicyclic) bond motifs is 1. The van der Waals surface area contributed by atoms with Crippen molar-refractivity contribution in [1.29, 1.82) is 0 Å². The van der Waals surface area contributed by atoms with Crippen LogP contribution >= 0.6 is 11.6 Å². The number of hydrogen-bond acceptors (Lipinski definition) is 4. The number of halogens is 1. The van der Waals surface area contributed by atoms with E-state index in [0.717, 1.165) is 16.6 Å². The number of oxazole rings is 1. The molecular formula is C20H14ClN3O2. The molecule has 0 fully saturated rings. The van der Waals surface area contributed by atoms with Gasteiger partial charge in [0.25, 0.3) is 5.91 Å². The van der Waals surface area contributed by atoms with Gasteiger partial charge in [0.05, 0.1) is 5.56 Å². The largest absolute Gasteiger partial charge is 0.436 e. The van der Waals surface area contributed by atoms with E-state index >= 15 is 0 Å². The minimum absolute atomic E-state index is 0.155. The number of carbonyl (C=O) groups is 1. The van der Waals surface area contributed by atoms with Crippen LogP contribution < -0.4 is 5.32 Å². The summed E-state index contributed by atoms with van der Waals surface area (Å²) < 4.78 is 5.76. The summed E-state index contributed by atoms with van der Waals surface area (Å²) in [6.45, 7) is 0.428. The molecule has 0 radical (unpaired) electrons. The zero-order valence-corrected chi connectivity index (χ0v) is 14.4. The lowest BCUT2D eigenvalue weighted by Crippen LogP contribution is -2.22. The maximum Gasteiger partial charge on any atom is 0.253 e. The molecule has 0 atom stereocenters. The van der Waals surface area contributed by atoms with E-state index in [9.17, 15) is 4.79 Å². The van der Waals surface area contributed by atoms with Crippen molar-refractivity contribution in [3.8, 4) is 11.5 Å². The number of hydrogen-bond donors (Lipinski definition) is 1. The summed E-state index contributed by atoms with van der Waals surface area (Å²) >= 11 is 5.97. The molecule has 6 heteroatoms. The maximum atomic E-state index is 12.0. The monoisotopic (exact) mass is 363 g/mol. The lowest BCUT2D eigenvalue weighted by atomic mass is 10.1. The van der Waals surface area contributed by atoms with Gasteiger partial charge in [0, 0.05) is 35.6 Å². The van der Waals surface area contributed by atoms with Gasteiger partial charge in [-0.15, -0.1) is 0 Å². The van der Waals surface area contributed by atoms with Crippen molar-refractivity contribution in [3.05, 3.63) is 83.1 Å². The van der Waals surface area contributed by atoms with Gasteiger partial charge in [0.15, 0.2) is 5.58 Å². The van der Waals surface area contributed by atoms with Crippen LogP contribution in [-0.2, 0) is 6.54 Å². The fourth-order valence-corrected chi connectivity index (χ4v) is 2.73. The van der Waals surface area contributed by atoms with E-state index < -0.39 is 0 Å². The Bertz CT molecular complexity index is 1060. The van der Waals surface area contributed by atoms with Crippen LogP contribution in [0.4, 0.5) is 0 Å². The van der Waals surface area contributed by atoms with Gasteiger partial charge < -0.3 is 9.73 Å². The van der Waals surface area contributed by atoms with E-state index in [4.69, 9.17) is 16.0 Å². The van der Waals surface area contributed by atoms with Gasteiger partial charge in [-0.2, -0.15) is 0 Å². The maximum absolute atomic E-state index is 12.0. The molecule has 4 rings (SSSR count). The fourth-order valence-electron chi connectivity index (χ4n) is 2.57. The third-order valence-electron chi connectivity index (χ3n) is 3.93. The Morgan fingerprint density at radius 1 is 1.12 bits per heavy atom. The van der Waals surface area contributed by atoms with E-state index in [1.807, 2.05) is 30.3 Å². The lowest BCUT2D eigenvalue weighted by molar-refractivity contribution is 0.0950. The molecule has 0 saturated carbocycles. The molecule has 0 spiro atoms. The van der Waals surface area contributed by atoms with Gasteiger partial charge in [-0.1, -0.05) is 23.7 Å². The average molecular weight is 364 g/mol. The zero-order valence-electron chi connectivity index (χ0n) is 13.6. The molecule has 2 aromatic heterocycles. The third-order valence-corrected chi connectivity index (χ3v) is 4.16. The number of amides is 1. The molecule has 2 aromatic carbocycles. The van der Waals surface area contributed by atoms with Crippen LogP contribution in [0.3, 0.4) is 0 Å². The first-order chi connectivity index (χ1) is 12.7. The van der Waals surface area contributed by atoms with E-state index in [0.29, 0.717) is 28.6 Å². The van der Waals surface area contributed by atoms with Crippen LogP contribution in [0.5, 0.6) is 0 Å². The quantitative estimate of drug-likeness (QED) is 0.580. The van der Waals surface area contributed by atoms with Gasteiger partial charge in [-0.25, -0.2) is 4.98 Å². The Hall–Kier alpha value is -3.18. The predicted molar refractivity (Wildman–Crippen MR) is 99.9 cm³/mol. The van der Waals surface area contributed by atoms with Crippen LogP contribution in [0, 0.1) is 0 Å². The summed E-state index contributed by atoms with van der Waals surface area (Å²) in [6, 6.07) is 16.5. The summed E-state index contributed by atoms with van der Waals surface area (Å²) in [4.78, 5) is 20.5. The minimum Gasteiger partial charge on any atom is -0.436 e. The Morgan fingerprint density at radius 2 is 1.96 bits per heavy atom. The lowest BCUT2D eigenvalue weighted by Gasteiger charge is -2.05. The second kappa shape index (κ2) is 6.98. The highest BCUT2D eigenvalue weighted by Crippen LogP contribution is 2.26. The highest BCUT2D eigenvalue weighted by Gasteiger charge is 2.09. The van der Waals surface area contributed by atoms with E-state index in [1.165, 1.54) is 6.20 Å². The molecule has 0 unspecified atom stereocenters. The van der Waals surface area contributed by atoms with Crippen molar-refractivity contribution in [3.63, 3.8) is 0 Å². The number of aromatic nitrogens is 2. The van der Waals surface area contributed by atoms with Crippen LogP contribution in [0.2, 0.25) is 5.02 Å². The van der Waals surface area contributed by atoms with Crippen molar-refractivity contribution in [2.75, 3.05) is 0 Å². The normalized spacial score (nSPS) is 10.8. The molecule has 4 aromatic rings. The average Bonchev–Trinajstić information content (AvgIpc) is 3.10. The standard InChI is InChI=1S/C20H14ClN3O2/c21-16-7-8-17-18(10-16)26-20(24-17)14-5-3-13(4-6-14)11-23-19(25)15-2-1-9-22-12-15/h1-10,12H,11H2,(H,23,25). The molecule has 128 valence electrons. The van der Waals surface area contributed by atoms with Crippen LogP contribution in [0.15, 0.2) is 71.4 Å². The second-order valence-corrected chi connectivity index (χ2v) is 6.19. The summed E-state index contributed by atoms with van der Waals surface area (Å²) in [5, 5.41) is 3.48. The van der Waals surface area contributed by atoms with Crippen molar-refractivity contribution in [2.45, 2.75) is 6.54 Å². The molecule has 0 saturated heterocycles. The van der Waals surface area contributed by atoms with E-state index in [-0.39, 0.29) is 5.91 Å². The number of carbonyl (C=O) groups excluding carboxylic acids is 1. The molecule has 0 aliphatic rings. The molecule has 5 nitrogen and oxygen atoms in total. The molecule has 0 bridgehead atoms. The van der Waals surface area contributed by atoms with Gasteiger partial charge >= 0.3 is 0 Å². The van der Waals surface area contributed by atoms with Gasteiger partial charge in [0.2, 0.25) is 5.89 Å². The third kappa shape index (κ3) is 3.43. The van der Waals surface area contributed by atoms with E-state index in [2.05, 4.69) is 15.3 Å². The summed E-state index contributed by atoms with van der Waals surface area (Å²) in [5.41, 5.74) is 3.79. The van der Waals surface area contributed by atoms with Crippen LogP contribution in [0.1, 0.15) is 15.9 Å². The molecule has 1 N–H and O–H groups in total. The van der Waals surface area contributed by atoms with Crippen molar-refractivity contribution in [1.82, 2.24) is 15.3 Å². The molecule has 1 amide bonds. The van der Waals surface area contributed by atoms with Crippen molar-refractivity contribution < 1.29 is 9.21 Å². The molecular weight excluding hydrogens is 350 g/mol. The highest BCUT2D eigenvalue weighted by molar-refractivity contribution is 6.31. The predicted octanol–water partition coefficient (Wildman–Crippen LogP) is 4.47. The van der Waals surface area contributed by atoms with Gasteiger partial charge in [-0.3, -0.25) is 9.78 Å². The number of nitrogens with zero attached hydrogens (tertiary/aromatic N) is 2. The number of benzene rings is 2. The van der Waals surface area contributed by atoms with Gasteiger partial charge in [0.1, 0.15) is 5.52 Å². The first-order valence-electron chi connectivity index (χ1n) is 8.03. The van der Waals surface area contributed by atoms with Crippen molar-refractivity contribution >= 4 is 28.6 Å². The van der Waals surface area contributed by atoms with Gasteiger partial charge in [-0.05, 0) is 42.0 Å². The van der Waals surface area contributed by atoms with Crippen molar-refractivity contribution in [2.24, 2.45) is 0 Å². The second-order valence-electron chi connectivity index (χ2n) is 5.75. The molecule has 0 aliphatic carbocycles. The summed E-state index contributed by atoms with van der Waals surface area (Å²) in [7, 11) is 0.